The summed E-state index contributed by atoms with van der Waals surface area (Å²) in [6.45, 7) is 2.59. The number of aliphatic hydroxyl groups is 2. The van der Waals surface area contributed by atoms with Gasteiger partial charge in [0, 0.05) is 12.8 Å². The topological polar surface area (TPSA) is 74.6 Å². The molecule has 0 radical (unpaired) electrons. The number of hydrogen-bond donors (Lipinski definition) is 2. The molecular weight excluding hydrogens is 160 g/mol. The smallest absolute Gasteiger partial charge is 0.167 e. The molecule has 0 aromatic rings. The summed E-state index contributed by atoms with van der Waals surface area (Å²) in [5.74, 6) is -0.959. The van der Waals surface area contributed by atoms with Crippen LogP contribution >= 0.6 is 0 Å². The Labute approximate surface area is 70.2 Å². The van der Waals surface area contributed by atoms with Crippen LogP contribution in [0.15, 0.2) is 0 Å². The van der Waals surface area contributed by atoms with Gasteiger partial charge in [0.05, 0.1) is 0 Å². The van der Waals surface area contributed by atoms with Crippen LogP contribution in [0.5, 0.6) is 0 Å². The highest BCUT2D eigenvalue weighted by atomic mass is 16.3. The lowest BCUT2D eigenvalue weighted by Gasteiger charge is -2.33. The highest BCUT2D eigenvalue weighted by Crippen LogP contribution is 2.28. The number of Topliss-reactive ketones (excluding diaryl/α,β-unsaturated/α-hetero) is 2. The second-order valence-electron chi connectivity index (χ2n) is 3.75. The highest BCUT2D eigenvalue weighted by Gasteiger charge is 2.47. The molecule has 1 aliphatic rings. The first-order chi connectivity index (χ1) is 5.26. The number of carbonyl (C=O) groups is 2. The fourth-order valence-electron chi connectivity index (χ4n) is 1.20. The van der Waals surface area contributed by atoms with Crippen LogP contribution in [-0.4, -0.2) is 33.0 Å². The van der Waals surface area contributed by atoms with Crippen LogP contribution in [0.3, 0.4) is 0 Å². The van der Waals surface area contributed by atoms with Crippen LogP contribution in [0.25, 0.3) is 0 Å². The molecule has 2 atom stereocenters. The summed E-state index contributed by atoms with van der Waals surface area (Å²) in [5, 5.41) is 18.7. The molecule has 0 unspecified atom stereocenters. The summed E-state index contributed by atoms with van der Waals surface area (Å²) in [6, 6.07) is 0. The Kier molecular flexibility index (Phi) is 1.85. The zero-order chi connectivity index (χ0) is 9.57. The van der Waals surface area contributed by atoms with Gasteiger partial charge in [0.15, 0.2) is 11.6 Å². The van der Waals surface area contributed by atoms with Gasteiger partial charge in [-0.2, -0.15) is 0 Å². The Balaban J connectivity index is 2.91. The van der Waals surface area contributed by atoms with E-state index in [0.717, 1.165) is 0 Å². The van der Waals surface area contributed by atoms with E-state index in [2.05, 4.69) is 0 Å². The summed E-state index contributed by atoms with van der Waals surface area (Å²) in [4.78, 5) is 22.2. The van der Waals surface area contributed by atoms with E-state index in [0.29, 0.717) is 0 Å². The van der Waals surface area contributed by atoms with E-state index in [1.165, 1.54) is 13.8 Å². The quantitative estimate of drug-likeness (QED) is 0.512. The standard InChI is InChI=1S/C8H12O4/c1-7(11)3-6(10)8(2,12)4-5(7)9/h11-12H,3-4H2,1-2H3/t7-,8-/m0/s1. The predicted molar refractivity (Wildman–Crippen MR) is 40.5 cm³/mol. The van der Waals surface area contributed by atoms with E-state index in [4.69, 9.17) is 0 Å². The van der Waals surface area contributed by atoms with Crippen LogP contribution in [0.4, 0.5) is 0 Å². The molecule has 1 aliphatic carbocycles. The van der Waals surface area contributed by atoms with Crippen LogP contribution in [0, 0.1) is 0 Å². The van der Waals surface area contributed by atoms with Crippen LogP contribution in [-0.2, 0) is 9.59 Å². The minimum Gasteiger partial charge on any atom is -0.382 e. The second-order valence-corrected chi connectivity index (χ2v) is 3.75. The monoisotopic (exact) mass is 172 g/mol. The maximum Gasteiger partial charge on any atom is 0.167 e. The largest absolute Gasteiger partial charge is 0.382 e. The molecule has 0 saturated heterocycles. The van der Waals surface area contributed by atoms with Crippen LogP contribution in [0.2, 0.25) is 0 Å². The van der Waals surface area contributed by atoms with Crippen molar-refractivity contribution in [2.45, 2.75) is 37.9 Å². The molecule has 2 N–H and O–H groups in total. The molecule has 0 aromatic carbocycles. The van der Waals surface area contributed by atoms with Gasteiger partial charge in [0.1, 0.15) is 11.2 Å². The molecule has 12 heavy (non-hydrogen) atoms. The molecule has 1 fully saturated rings. The molecule has 0 bridgehead atoms. The third kappa shape index (κ3) is 1.40. The van der Waals surface area contributed by atoms with Crippen molar-refractivity contribution in [3.63, 3.8) is 0 Å². The average Bonchev–Trinajstić information content (AvgIpc) is 1.82. The Morgan fingerprint density at radius 3 is 1.50 bits per heavy atom. The van der Waals surface area contributed by atoms with Gasteiger partial charge in [-0.3, -0.25) is 9.59 Å². The van der Waals surface area contributed by atoms with Gasteiger partial charge in [-0.05, 0) is 13.8 Å². The van der Waals surface area contributed by atoms with Gasteiger partial charge in [0.25, 0.3) is 0 Å². The first-order valence-corrected chi connectivity index (χ1v) is 3.77. The molecule has 0 spiro atoms. The Hall–Kier alpha value is -0.740. The molecule has 0 aliphatic heterocycles. The van der Waals surface area contributed by atoms with Gasteiger partial charge in [0.2, 0.25) is 0 Å². The molecule has 4 nitrogen and oxygen atoms in total. The molecule has 0 amide bonds. The Bertz CT molecular complexity index is 213. The van der Waals surface area contributed by atoms with Gasteiger partial charge in [-0.1, -0.05) is 0 Å². The second kappa shape index (κ2) is 2.37. The van der Waals surface area contributed by atoms with Crippen molar-refractivity contribution >= 4 is 11.6 Å². The zero-order valence-electron chi connectivity index (χ0n) is 7.13. The van der Waals surface area contributed by atoms with Crippen molar-refractivity contribution in [1.82, 2.24) is 0 Å². The first kappa shape index (κ1) is 9.35. The first-order valence-electron chi connectivity index (χ1n) is 3.77. The van der Waals surface area contributed by atoms with Crippen molar-refractivity contribution in [2.75, 3.05) is 0 Å². The molecular formula is C8H12O4. The molecule has 1 saturated carbocycles. The van der Waals surface area contributed by atoms with Gasteiger partial charge in [-0.15, -0.1) is 0 Å². The summed E-state index contributed by atoms with van der Waals surface area (Å²) >= 11 is 0. The van der Waals surface area contributed by atoms with E-state index < -0.39 is 22.8 Å². The lowest BCUT2D eigenvalue weighted by atomic mass is 9.76. The minimum atomic E-state index is -1.58. The maximum atomic E-state index is 11.1. The van der Waals surface area contributed by atoms with E-state index in [9.17, 15) is 19.8 Å². The van der Waals surface area contributed by atoms with Crippen molar-refractivity contribution in [2.24, 2.45) is 0 Å². The van der Waals surface area contributed by atoms with Crippen LogP contribution < -0.4 is 0 Å². The van der Waals surface area contributed by atoms with Crippen LogP contribution in [0.1, 0.15) is 26.7 Å². The van der Waals surface area contributed by atoms with Crippen molar-refractivity contribution in [3.8, 4) is 0 Å². The SMILES string of the molecule is C[C@]1(O)CC(=O)[C@@](C)(O)CC1=O. The fraction of sp³-hybridized carbons (Fsp3) is 0.750. The molecule has 68 valence electrons. The van der Waals surface area contributed by atoms with Gasteiger partial charge < -0.3 is 10.2 Å². The fourth-order valence-corrected chi connectivity index (χ4v) is 1.20. The lowest BCUT2D eigenvalue weighted by Crippen LogP contribution is -2.53. The molecule has 0 heterocycles. The van der Waals surface area contributed by atoms with Crippen molar-refractivity contribution in [1.29, 1.82) is 0 Å². The number of hydrogen-bond acceptors (Lipinski definition) is 4. The van der Waals surface area contributed by atoms with E-state index in [1.807, 2.05) is 0 Å². The minimum absolute atomic E-state index is 0.293. The summed E-state index contributed by atoms with van der Waals surface area (Å²) < 4.78 is 0. The zero-order valence-corrected chi connectivity index (χ0v) is 7.13. The Morgan fingerprint density at radius 2 is 1.25 bits per heavy atom. The summed E-state index contributed by atoms with van der Waals surface area (Å²) in [6.07, 6.45) is -0.586. The predicted octanol–water partition coefficient (Wildman–Crippen LogP) is -0.580. The molecule has 4 heteroatoms. The van der Waals surface area contributed by atoms with Gasteiger partial charge in [-0.25, -0.2) is 0 Å². The maximum absolute atomic E-state index is 11.1. The Morgan fingerprint density at radius 1 is 1.00 bits per heavy atom. The van der Waals surface area contributed by atoms with Crippen molar-refractivity contribution < 1.29 is 19.8 Å². The van der Waals surface area contributed by atoms with E-state index in [-0.39, 0.29) is 12.8 Å². The summed E-state index contributed by atoms with van der Waals surface area (Å²) in [7, 11) is 0. The molecule has 1 rings (SSSR count). The average molecular weight is 172 g/mol. The van der Waals surface area contributed by atoms with E-state index in [1.54, 1.807) is 0 Å². The van der Waals surface area contributed by atoms with E-state index >= 15 is 0 Å². The summed E-state index contributed by atoms with van der Waals surface area (Å²) in [5.41, 5.74) is -3.17. The normalized spacial score (nSPS) is 43.3. The number of rotatable bonds is 0. The molecule has 0 aromatic heterocycles. The lowest BCUT2D eigenvalue weighted by molar-refractivity contribution is -0.161. The van der Waals surface area contributed by atoms with Gasteiger partial charge >= 0.3 is 0 Å². The number of carbonyl (C=O) groups excluding carboxylic acids is 2. The van der Waals surface area contributed by atoms with Crippen molar-refractivity contribution in [3.05, 3.63) is 0 Å². The third-order valence-electron chi connectivity index (χ3n) is 2.21. The number of ketones is 2. The third-order valence-corrected chi connectivity index (χ3v) is 2.21. The highest BCUT2D eigenvalue weighted by molar-refractivity contribution is 6.03.